The van der Waals surface area contributed by atoms with E-state index in [1.807, 2.05) is 30.3 Å². The van der Waals surface area contributed by atoms with E-state index >= 15 is 0 Å². The highest BCUT2D eigenvalue weighted by atomic mass is 16.5. The average molecular weight is 392 g/mol. The van der Waals surface area contributed by atoms with E-state index in [-0.39, 0.29) is 18.4 Å². The molecule has 1 aliphatic carbocycles. The number of ether oxygens (including phenoxy) is 1. The molecule has 0 saturated heterocycles. The van der Waals surface area contributed by atoms with Crippen LogP contribution in [-0.4, -0.2) is 24.9 Å². The van der Waals surface area contributed by atoms with Gasteiger partial charge in [0.15, 0.2) is 0 Å². The number of benzene rings is 2. The van der Waals surface area contributed by atoms with Crippen molar-refractivity contribution < 1.29 is 14.3 Å². The Balaban J connectivity index is 1.53. The second kappa shape index (κ2) is 10.5. The minimum Gasteiger partial charge on any atom is -0.457 e. The zero-order valence-electron chi connectivity index (χ0n) is 16.9. The van der Waals surface area contributed by atoms with Crippen molar-refractivity contribution in [3.05, 3.63) is 66.2 Å². The maximum atomic E-state index is 12.3. The van der Waals surface area contributed by atoms with Crippen LogP contribution in [0.15, 0.2) is 66.2 Å². The maximum absolute atomic E-state index is 12.3. The molecule has 0 radical (unpaired) electrons. The van der Waals surface area contributed by atoms with Gasteiger partial charge in [0, 0.05) is 19.2 Å². The van der Waals surface area contributed by atoms with Gasteiger partial charge in [-0.15, -0.1) is 0 Å². The van der Waals surface area contributed by atoms with Gasteiger partial charge in [0.05, 0.1) is 0 Å². The van der Waals surface area contributed by atoms with E-state index in [1.54, 1.807) is 24.3 Å². The fourth-order valence-corrected chi connectivity index (χ4v) is 3.40. The summed E-state index contributed by atoms with van der Waals surface area (Å²) in [6.07, 6.45) is 7.95. The average Bonchev–Trinajstić information content (AvgIpc) is 2.74. The molecule has 1 N–H and O–H groups in total. The molecule has 1 aliphatic rings. The van der Waals surface area contributed by atoms with Crippen LogP contribution in [0.1, 0.15) is 39.0 Å². The predicted molar refractivity (Wildman–Crippen MR) is 115 cm³/mol. The molecular weight excluding hydrogens is 364 g/mol. The molecule has 0 aliphatic heterocycles. The summed E-state index contributed by atoms with van der Waals surface area (Å²) < 4.78 is 5.78. The molecule has 5 heteroatoms. The number of nitrogens with zero attached hydrogens (tertiary/aromatic N) is 1. The number of para-hydroxylation sites is 1. The van der Waals surface area contributed by atoms with Crippen LogP contribution in [-0.2, 0) is 9.59 Å². The lowest BCUT2D eigenvalue weighted by atomic mass is 9.97. The van der Waals surface area contributed by atoms with E-state index in [0.29, 0.717) is 18.0 Å². The lowest BCUT2D eigenvalue weighted by molar-refractivity contribution is -0.123. The first-order valence-electron chi connectivity index (χ1n) is 10.2. The van der Waals surface area contributed by atoms with E-state index in [4.69, 9.17) is 4.74 Å². The molecule has 3 rings (SSSR count). The molecule has 2 aromatic rings. The summed E-state index contributed by atoms with van der Waals surface area (Å²) in [6.45, 7) is 2.09. The third kappa shape index (κ3) is 6.49. The van der Waals surface area contributed by atoms with Crippen LogP contribution >= 0.6 is 0 Å². The smallest absolute Gasteiger partial charge is 0.240 e. The summed E-state index contributed by atoms with van der Waals surface area (Å²) in [7, 11) is 0. The molecule has 0 aromatic heterocycles. The molecule has 0 spiro atoms. The number of carbonyl (C=O) groups excluding carboxylic acids is 2. The number of hydrogen-bond acceptors (Lipinski definition) is 3. The Hall–Kier alpha value is -3.08. The van der Waals surface area contributed by atoms with Gasteiger partial charge in [0.25, 0.3) is 0 Å². The molecule has 2 aromatic carbocycles. The molecule has 0 saturated carbocycles. The van der Waals surface area contributed by atoms with E-state index in [9.17, 15) is 9.59 Å². The van der Waals surface area contributed by atoms with Crippen LogP contribution in [0.2, 0.25) is 0 Å². The summed E-state index contributed by atoms with van der Waals surface area (Å²) in [6, 6.07) is 16.7. The molecule has 5 nitrogen and oxygen atoms in total. The highest BCUT2D eigenvalue weighted by Crippen LogP contribution is 2.24. The molecule has 0 bridgehead atoms. The van der Waals surface area contributed by atoms with Crippen molar-refractivity contribution in [2.45, 2.75) is 39.0 Å². The first kappa shape index (κ1) is 20.6. The van der Waals surface area contributed by atoms with Gasteiger partial charge in [0.1, 0.15) is 18.0 Å². The molecular formula is C24H28N2O3. The minimum atomic E-state index is -0.174. The largest absolute Gasteiger partial charge is 0.457 e. The highest BCUT2D eigenvalue weighted by molar-refractivity contribution is 5.97. The van der Waals surface area contributed by atoms with Crippen molar-refractivity contribution in [1.82, 2.24) is 5.32 Å². The van der Waals surface area contributed by atoms with Crippen molar-refractivity contribution in [3.63, 3.8) is 0 Å². The standard InChI is InChI=1S/C24H28N2O3/c1-19(27)26(18-24(28)25-17-16-20-8-4-2-5-9-20)21-12-14-23(15-13-21)29-22-10-6-3-7-11-22/h3,6-8,10-15H,2,4-5,9,16-18H2,1H3,(H,25,28). The number of nitrogens with one attached hydrogen (secondary N) is 1. The topological polar surface area (TPSA) is 58.6 Å². The number of hydrogen-bond donors (Lipinski definition) is 1. The summed E-state index contributed by atoms with van der Waals surface area (Å²) >= 11 is 0. The number of rotatable bonds is 8. The van der Waals surface area contributed by atoms with Crippen molar-refractivity contribution in [1.29, 1.82) is 0 Å². The van der Waals surface area contributed by atoms with E-state index in [1.165, 1.54) is 30.2 Å². The molecule has 29 heavy (non-hydrogen) atoms. The Bertz CT molecular complexity index is 844. The Kier molecular flexibility index (Phi) is 7.45. The Labute approximate surface area is 172 Å². The molecule has 2 amide bonds. The van der Waals surface area contributed by atoms with Crippen molar-refractivity contribution in [2.24, 2.45) is 0 Å². The Morgan fingerprint density at radius 1 is 1.00 bits per heavy atom. The third-order valence-corrected chi connectivity index (χ3v) is 4.96. The normalized spacial score (nSPS) is 13.3. The van der Waals surface area contributed by atoms with Crippen LogP contribution < -0.4 is 15.0 Å². The second-order valence-corrected chi connectivity index (χ2v) is 7.22. The van der Waals surface area contributed by atoms with Gasteiger partial charge in [-0.3, -0.25) is 9.59 Å². The monoisotopic (exact) mass is 392 g/mol. The molecule has 0 heterocycles. The summed E-state index contributed by atoms with van der Waals surface area (Å²) in [4.78, 5) is 25.9. The zero-order chi connectivity index (χ0) is 20.5. The van der Waals surface area contributed by atoms with Gasteiger partial charge in [0.2, 0.25) is 11.8 Å². The van der Waals surface area contributed by atoms with Gasteiger partial charge < -0.3 is 15.0 Å². The lowest BCUT2D eigenvalue weighted by Gasteiger charge is -2.21. The summed E-state index contributed by atoms with van der Waals surface area (Å²) in [5, 5.41) is 2.93. The minimum absolute atomic E-state index is 0.00721. The van der Waals surface area contributed by atoms with Gasteiger partial charge in [-0.2, -0.15) is 0 Å². The fraction of sp³-hybridized carbons (Fsp3) is 0.333. The van der Waals surface area contributed by atoms with E-state index < -0.39 is 0 Å². The number of anilines is 1. The zero-order valence-corrected chi connectivity index (χ0v) is 16.9. The number of allylic oxidation sites excluding steroid dienone is 1. The van der Waals surface area contributed by atoms with Gasteiger partial charge >= 0.3 is 0 Å². The van der Waals surface area contributed by atoms with Crippen LogP contribution in [0.4, 0.5) is 5.69 Å². The predicted octanol–water partition coefficient (Wildman–Crippen LogP) is 4.84. The Morgan fingerprint density at radius 2 is 1.72 bits per heavy atom. The van der Waals surface area contributed by atoms with E-state index in [0.717, 1.165) is 25.0 Å². The number of amides is 2. The maximum Gasteiger partial charge on any atom is 0.240 e. The number of carbonyl (C=O) groups is 2. The second-order valence-electron chi connectivity index (χ2n) is 7.22. The van der Waals surface area contributed by atoms with Crippen LogP contribution in [0.25, 0.3) is 0 Å². The first-order chi connectivity index (χ1) is 14.1. The molecule has 152 valence electrons. The third-order valence-electron chi connectivity index (χ3n) is 4.96. The van der Waals surface area contributed by atoms with Crippen LogP contribution in [0.3, 0.4) is 0 Å². The first-order valence-corrected chi connectivity index (χ1v) is 10.2. The molecule has 0 fully saturated rings. The van der Waals surface area contributed by atoms with E-state index in [2.05, 4.69) is 11.4 Å². The van der Waals surface area contributed by atoms with Crippen molar-refractivity contribution in [2.75, 3.05) is 18.0 Å². The summed E-state index contributed by atoms with van der Waals surface area (Å²) in [5.74, 6) is 1.10. The summed E-state index contributed by atoms with van der Waals surface area (Å²) in [5.41, 5.74) is 2.09. The van der Waals surface area contributed by atoms with Gasteiger partial charge in [-0.05, 0) is 68.5 Å². The lowest BCUT2D eigenvalue weighted by Crippen LogP contribution is -2.40. The van der Waals surface area contributed by atoms with Crippen LogP contribution in [0.5, 0.6) is 11.5 Å². The fourth-order valence-electron chi connectivity index (χ4n) is 3.40. The van der Waals surface area contributed by atoms with Gasteiger partial charge in [-0.1, -0.05) is 29.8 Å². The SMILES string of the molecule is CC(=O)N(CC(=O)NCCC1=CCCCC1)c1ccc(Oc2ccccc2)cc1. The molecule has 0 atom stereocenters. The van der Waals surface area contributed by atoms with Crippen LogP contribution in [0, 0.1) is 0 Å². The highest BCUT2D eigenvalue weighted by Gasteiger charge is 2.16. The van der Waals surface area contributed by atoms with Gasteiger partial charge in [-0.25, -0.2) is 0 Å². The molecule has 0 unspecified atom stereocenters. The van der Waals surface area contributed by atoms with Crippen molar-refractivity contribution in [3.8, 4) is 11.5 Å². The van der Waals surface area contributed by atoms with Crippen molar-refractivity contribution >= 4 is 17.5 Å². The quantitative estimate of drug-likeness (QED) is 0.654. The Morgan fingerprint density at radius 3 is 2.38 bits per heavy atom.